The predicted molar refractivity (Wildman–Crippen MR) is 76.5 cm³/mol. The van der Waals surface area contributed by atoms with Crippen LogP contribution >= 0.6 is 0 Å². The fraction of sp³-hybridized carbons (Fsp3) is 0.467. The van der Waals surface area contributed by atoms with Crippen molar-refractivity contribution >= 4 is 12.6 Å². The van der Waals surface area contributed by atoms with E-state index in [1.165, 1.54) is 6.07 Å². The third kappa shape index (κ3) is 2.92. The average molecular weight is 316 g/mol. The molecule has 0 bridgehead atoms. The van der Waals surface area contributed by atoms with Crippen molar-refractivity contribution in [2.75, 3.05) is 0 Å². The van der Waals surface area contributed by atoms with Gasteiger partial charge >= 0.3 is 13.3 Å². The fourth-order valence-electron chi connectivity index (χ4n) is 2.06. The average Bonchev–Trinajstić information content (AvgIpc) is 2.57. The highest BCUT2D eigenvalue weighted by molar-refractivity contribution is 6.68. The maximum absolute atomic E-state index is 13.3. The van der Waals surface area contributed by atoms with Crippen molar-refractivity contribution < 1.29 is 26.9 Å². The number of halogens is 4. The van der Waals surface area contributed by atoms with Crippen LogP contribution in [0.25, 0.3) is 5.47 Å². The van der Waals surface area contributed by atoms with Crippen LogP contribution in [0.4, 0.5) is 17.6 Å². The minimum absolute atomic E-state index is 0.132. The Morgan fingerprint density at radius 1 is 1.09 bits per heavy atom. The molecule has 0 amide bonds. The van der Waals surface area contributed by atoms with Crippen LogP contribution in [0.15, 0.2) is 24.8 Å². The number of benzene rings is 1. The van der Waals surface area contributed by atoms with Gasteiger partial charge in [0.25, 0.3) is 0 Å². The number of rotatable bonds is 2. The predicted octanol–water partition coefficient (Wildman–Crippen LogP) is 4.49. The van der Waals surface area contributed by atoms with Gasteiger partial charge in [-0.15, -0.1) is 0 Å². The van der Waals surface area contributed by atoms with Crippen molar-refractivity contribution in [1.29, 1.82) is 0 Å². The first kappa shape index (κ1) is 17.0. The first-order valence-electron chi connectivity index (χ1n) is 6.77. The fourth-order valence-corrected chi connectivity index (χ4v) is 2.06. The lowest BCUT2D eigenvalue weighted by Crippen LogP contribution is -2.41. The Morgan fingerprint density at radius 3 is 2.05 bits per heavy atom. The lowest BCUT2D eigenvalue weighted by Gasteiger charge is -2.32. The summed E-state index contributed by atoms with van der Waals surface area (Å²) in [5, 5.41) is 0. The normalized spacial score (nSPS) is 20.3. The highest BCUT2D eigenvalue weighted by atomic mass is 19.4. The van der Waals surface area contributed by atoms with Gasteiger partial charge in [0.1, 0.15) is 5.82 Å². The molecule has 22 heavy (non-hydrogen) atoms. The summed E-state index contributed by atoms with van der Waals surface area (Å²) >= 11 is 0. The van der Waals surface area contributed by atoms with Crippen LogP contribution in [-0.4, -0.2) is 18.3 Å². The van der Waals surface area contributed by atoms with E-state index in [9.17, 15) is 17.6 Å². The molecule has 1 saturated heterocycles. The molecule has 1 aliphatic heterocycles. The van der Waals surface area contributed by atoms with E-state index >= 15 is 0 Å². The summed E-state index contributed by atoms with van der Waals surface area (Å²) in [5.41, 5.74) is -2.24. The largest absolute Gasteiger partial charge is 0.494 e. The summed E-state index contributed by atoms with van der Waals surface area (Å²) in [4.78, 5) is 0. The van der Waals surface area contributed by atoms with Gasteiger partial charge in [-0.3, -0.25) is 0 Å². The van der Waals surface area contributed by atoms with Crippen LogP contribution in [0.3, 0.4) is 0 Å². The molecule has 0 unspecified atom stereocenters. The zero-order chi connectivity index (χ0) is 16.9. The molecule has 1 heterocycles. The van der Waals surface area contributed by atoms with E-state index in [0.717, 1.165) is 12.1 Å². The monoisotopic (exact) mass is 316 g/mol. The second kappa shape index (κ2) is 5.10. The Morgan fingerprint density at radius 2 is 1.59 bits per heavy atom. The maximum atomic E-state index is 13.3. The summed E-state index contributed by atoms with van der Waals surface area (Å²) in [5.74, 6) is -1.32. The molecule has 1 aromatic carbocycles. The smallest absolute Gasteiger partial charge is 0.399 e. The van der Waals surface area contributed by atoms with Crippen LogP contribution in [0.1, 0.15) is 38.8 Å². The molecule has 2 rings (SSSR count). The molecule has 0 spiro atoms. The molecule has 0 aromatic heterocycles. The second-order valence-corrected chi connectivity index (χ2v) is 6.31. The Hall–Kier alpha value is -1.34. The lowest BCUT2D eigenvalue weighted by molar-refractivity contribution is -0.140. The topological polar surface area (TPSA) is 18.5 Å². The molecular formula is C15H17BF4O2. The first-order chi connectivity index (χ1) is 9.85. The van der Waals surface area contributed by atoms with Crippen LogP contribution in [0.2, 0.25) is 0 Å². The second-order valence-electron chi connectivity index (χ2n) is 6.31. The van der Waals surface area contributed by atoms with Crippen LogP contribution in [0, 0.1) is 5.82 Å². The molecule has 120 valence electrons. The third-order valence-electron chi connectivity index (χ3n) is 4.18. The van der Waals surface area contributed by atoms with E-state index in [0.29, 0.717) is 0 Å². The summed E-state index contributed by atoms with van der Waals surface area (Å²) < 4.78 is 63.2. The van der Waals surface area contributed by atoms with Crippen LogP contribution in [-0.2, 0) is 15.5 Å². The zero-order valence-electron chi connectivity index (χ0n) is 12.8. The van der Waals surface area contributed by atoms with Gasteiger partial charge in [0.2, 0.25) is 0 Å². The van der Waals surface area contributed by atoms with E-state index in [2.05, 4.69) is 6.58 Å². The van der Waals surface area contributed by atoms with Crippen molar-refractivity contribution in [2.24, 2.45) is 0 Å². The molecule has 1 aliphatic rings. The van der Waals surface area contributed by atoms with Gasteiger partial charge in [-0.25, -0.2) is 4.39 Å². The van der Waals surface area contributed by atoms with Gasteiger partial charge in [-0.05, 0) is 50.9 Å². The number of hydrogen-bond donors (Lipinski definition) is 0. The number of hydrogen-bond acceptors (Lipinski definition) is 2. The zero-order valence-corrected chi connectivity index (χ0v) is 12.8. The van der Waals surface area contributed by atoms with Crippen molar-refractivity contribution in [3.8, 4) is 0 Å². The van der Waals surface area contributed by atoms with E-state index < -0.39 is 35.9 Å². The molecule has 0 saturated carbocycles. The summed E-state index contributed by atoms with van der Waals surface area (Å²) in [7, 11) is -0.878. The molecule has 2 nitrogen and oxygen atoms in total. The number of alkyl halides is 3. The van der Waals surface area contributed by atoms with Gasteiger partial charge in [-0.2, -0.15) is 13.2 Å². The van der Waals surface area contributed by atoms with Crippen molar-refractivity contribution in [3.05, 3.63) is 41.7 Å². The SMILES string of the molecule is C=C(B1OC(C)(C)C(C)(C)O1)c1ccc(F)c(C(F)(F)F)c1. The van der Waals surface area contributed by atoms with Gasteiger partial charge in [0, 0.05) is 0 Å². The Balaban J connectivity index is 2.33. The Bertz CT molecular complexity index is 592. The van der Waals surface area contributed by atoms with Crippen molar-refractivity contribution in [1.82, 2.24) is 0 Å². The molecule has 1 fully saturated rings. The molecule has 7 heteroatoms. The third-order valence-corrected chi connectivity index (χ3v) is 4.18. The van der Waals surface area contributed by atoms with E-state index in [-0.39, 0.29) is 11.0 Å². The molecular weight excluding hydrogens is 299 g/mol. The quantitative estimate of drug-likeness (QED) is 0.591. The standard InChI is InChI=1S/C15H17BF4O2/c1-9(16-21-13(2,3)14(4,5)22-16)10-6-7-12(17)11(8-10)15(18,19)20/h6-8H,1H2,2-5H3. The molecule has 1 aromatic rings. The first-order valence-corrected chi connectivity index (χ1v) is 6.77. The van der Waals surface area contributed by atoms with E-state index in [4.69, 9.17) is 9.31 Å². The van der Waals surface area contributed by atoms with Gasteiger partial charge < -0.3 is 9.31 Å². The van der Waals surface area contributed by atoms with Crippen LogP contribution < -0.4 is 0 Å². The summed E-state index contributed by atoms with van der Waals surface area (Å²) in [6.07, 6.45) is -4.77. The maximum Gasteiger partial charge on any atom is 0.494 e. The Labute approximate surface area is 127 Å². The highest BCUT2D eigenvalue weighted by Gasteiger charge is 2.52. The van der Waals surface area contributed by atoms with Gasteiger partial charge in [-0.1, -0.05) is 12.6 Å². The molecule has 0 atom stereocenters. The molecule has 0 aliphatic carbocycles. The lowest BCUT2D eigenvalue weighted by atomic mass is 9.75. The minimum atomic E-state index is -4.77. The van der Waals surface area contributed by atoms with Gasteiger partial charge in [0.15, 0.2) is 0 Å². The molecule has 0 radical (unpaired) electrons. The van der Waals surface area contributed by atoms with Crippen LogP contribution in [0.5, 0.6) is 0 Å². The van der Waals surface area contributed by atoms with E-state index in [1.807, 2.05) is 27.7 Å². The highest BCUT2D eigenvalue weighted by Crippen LogP contribution is 2.41. The van der Waals surface area contributed by atoms with E-state index in [1.54, 1.807) is 0 Å². The van der Waals surface area contributed by atoms with Crippen molar-refractivity contribution in [2.45, 2.75) is 45.1 Å². The van der Waals surface area contributed by atoms with Crippen molar-refractivity contribution in [3.63, 3.8) is 0 Å². The minimum Gasteiger partial charge on any atom is -0.399 e. The van der Waals surface area contributed by atoms with Gasteiger partial charge in [0.05, 0.1) is 16.8 Å². The summed E-state index contributed by atoms with van der Waals surface area (Å²) in [6, 6.07) is 2.73. The molecule has 0 N–H and O–H groups in total. The Kier molecular flexibility index (Phi) is 3.94. The summed E-state index contributed by atoms with van der Waals surface area (Å²) in [6.45, 7) is 11.1.